The largest absolute Gasteiger partial charge is 0.326 e. The first kappa shape index (κ1) is 13.1. The van der Waals surface area contributed by atoms with Gasteiger partial charge in [-0.25, -0.2) is 4.98 Å². The van der Waals surface area contributed by atoms with Crippen LogP contribution in [0.2, 0.25) is 5.02 Å². The van der Waals surface area contributed by atoms with Crippen molar-refractivity contribution in [3.8, 4) is 0 Å². The van der Waals surface area contributed by atoms with E-state index in [9.17, 15) is 0 Å². The molecule has 0 amide bonds. The quantitative estimate of drug-likeness (QED) is 0.921. The predicted molar refractivity (Wildman–Crippen MR) is 74.8 cm³/mol. The van der Waals surface area contributed by atoms with Gasteiger partial charge in [0.2, 0.25) is 0 Å². The Balaban J connectivity index is 2.47. The van der Waals surface area contributed by atoms with Gasteiger partial charge < -0.3 is 10.3 Å². The standard InChI is InChI=1S/C14H18ClN3/c1-3-13-17-7-8-18(13)14(10(2)16)11-5-4-6-12(15)9-11/h4-10,14H,3,16H2,1-2H3. The molecule has 4 heteroatoms. The molecule has 2 N–H and O–H groups in total. The highest BCUT2D eigenvalue weighted by molar-refractivity contribution is 6.30. The van der Waals surface area contributed by atoms with E-state index in [1.165, 1.54) is 0 Å². The number of hydrogen-bond acceptors (Lipinski definition) is 2. The zero-order valence-electron chi connectivity index (χ0n) is 10.7. The lowest BCUT2D eigenvalue weighted by Crippen LogP contribution is -2.31. The zero-order chi connectivity index (χ0) is 13.1. The molecule has 0 aliphatic carbocycles. The Morgan fingerprint density at radius 2 is 2.22 bits per heavy atom. The fourth-order valence-electron chi connectivity index (χ4n) is 2.28. The highest BCUT2D eigenvalue weighted by atomic mass is 35.5. The van der Waals surface area contributed by atoms with Crippen LogP contribution in [0.5, 0.6) is 0 Å². The number of benzene rings is 1. The predicted octanol–water partition coefficient (Wildman–Crippen LogP) is 3.04. The van der Waals surface area contributed by atoms with Crippen LogP contribution in [0, 0.1) is 0 Å². The second-order valence-corrected chi connectivity index (χ2v) is 4.90. The molecule has 2 atom stereocenters. The molecule has 1 heterocycles. The molecular formula is C14H18ClN3. The maximum atomic E-state index is 6.14. The van der Waals surface area contributed by atoms with Crippen LogP contribution in [0.25, 0.3) is 0 Å². The lowest BCUT2D eigenvalue weighted by Gasteiger charge is -2.24. The number of aromatic nitrogens is 2. The summed E-state index contributed by atoms with van der Waals surface area (Å²) in [4.78, 5) is 4.36. The summed E-state index contributed by atoms with van der Waals surface area (Å²) in [5.74, 6) is 1.04. The number of aryl methyl sites for hydroxylation is 1. The Hall–Kier alpha value is -1.32. The highest BCUT2D eigenvalue weighted by Crippen LogP contribution is 2.25. The summed E-state index contributed by atoms with van der Waals surface area (Å²) in [6.07, 6.45) is 4.68. The summed E-state index contributed by atoms with van der Waals surface area (Å²) in [5.41, 5.74) is 7.26. The molecule has 0 saturated carbocycles. The van der Waals surface area contributed by atoms with Gasteiger partial charge in [0.25, 0.3) is 0 Å². The maximum Gasteiger partial charge on any atom is 0.108 e. The number of rotatable bonds is 4. The first-order valence-corrected chi connectivity index (χ1v) is 6.54. The van der Waals surface area contributed by atoms with E-state index >= 15 is 0 Å². The first-order chi connectivity index (χ1) is 8.63. The Labute approximate surface area is 113 Å². The number of imidazole rings is 1. The third-order valence-corrected chi connectivity index (χ3v) is 3.29. The molecule has 18 heavy (non-hydrogen) atoms. The first-order valence-electron chi connectivity index (χ1n) is 6.16. The third-order valence-electron chi connectivity index (χ3n) is 3.05. The number of halogens is 1. The van der Waals surface area contributed by atoms with Crippen molar-refractivity contribution < 1.29 is 0 Å². The van der Waals surface area contributed by atoms with E-state index in [-0.39, 0.29) is 12.1 Å². The third kappa shape index (κ3) is 2.57. The van der Waals surface area contributed by atoms with E-state index in [4.69, 9.17) is 17.3 Å². The van der Waals surface area contributed by atoms with Crippen molar-refractivity contribution in [1.29, 1.82) is 0 Å². The summed E-state index contributed by atoms with van der Waals surface area (Å²) in [6, 6.07) is 7.91. The fourth-order valence-corrected chi connectivity index (χ4v) is 2.48. The van der Waals surface area contributed by atoms with Crippen LogP contribution in [0.3, 0.4) is 0 Å². The van der Waals surface area contributed by atoms with E-state index < -0.39 is 0 Å². The van der Waals surface area contributed by atoms with Crippen molar-refractivity contribution >= 4 is 11.6 Å². The fraction of sp³-hybridized carbons (Fsp3) is 0.357. The lowest BCUT2D eigenvalue weighted by molar-refractivity contribution is 0.481. The van der Waals surface area contributed by atoms with Crippen LogP contribution < -0.4 is 5.73 Å². The van der Waals surface area contributed by atoms with Gasteiger partial charge in [0, 0.05) is 29.9 Å². The second-order valence-electron chi connectivity index (χ2n) is 4.46. The van der Waals surface area contributed by atoms with Crippen molar-refractivity contribution in [2.45, 2.75) is 32.4 Å². The van der Waals surface area contributed by atoms with Crippen LogP contribution in [0.4, 0.5) is 0 Å². The number of nitrogens with zero attached hydrogens (tertiary/aromatic N) is 2. The Kier molecular flexibility index (Phi) is 4.04. The molecule has 96 valence electrons. The minimum absolute atomic E-state index is 0.0111. The van der Waals surface area contributed by atoms with Crippen LogP contribution in [0.15, 0.2) is 36.7 Å². The smallest absolute Gasteiger partial charge is 0.108 e. The molecular weight excluding hydrogens is 246 g/mol. The summed E-state index contributed by atoms with van der Waals surface area (Å²) < 4.78 is 2.14. The van der Waals surface area contributed by atoms with E-state index in [1.807, 2.05) is 37.5 Å². The van der Waals surface area contributed by atoms with Crippen LogP contribution in [-0.2, 0) is 6.42 Å². The molecule has 0 saturated heterocycles. The summed E-state index contributed by atoms with van der Waals surface area (Å²) in [5, 5.41) is 0.733. The molecule has 0 bridgehead atoms. The van der Waals surface area contributed by atoms with E-state index in [0.717, 1.165) is 22.8 Å². The Morgan fingerprint density at radius 1 is 1.44 bits per heavy atom. The molecule has 3 nitrogen and oxygen atoms in total. The van der Waals surface area contributed by atoms with Gasteiger partial charge in [0.1, 0.15) is 5.82 Å². The number of hydrogen-bond donors (Lipinski definition) is 1. The van der Waals surface area contributed by atoms with Crippen molar-refractivity contribution in [2.24, 2.45) is 5.73 Å². The van der Waals surface area contributed by atoms with Crippen molar-refractivity contribution in [2.75, 3.05) is 0 Å². The average Bonchev–Trinajstić information content (AvgIpc) is 2.77. The SMILES string of the molecule is CCc1nccn1C(c1cccc(Cl)c1)C(C)N. The molecule has 0 fully saturated rings. The topological polar surface area (TPSA) is 43.8 Å². The van der Waals surface area contributed by atoms with Gasteiger partial charge in [-0.05, 0) is 24.6 Å². The van der Waals surface area contributed by atoms with Gasteiger partial charge in [-0.2, -0.15) is 0 Å². The average molecular weight is 264 g/mol. The van der Waals surface area contributed by atoms with Gasteiger partial charge >= 0.3 is 0 Å². The van der Waals surface area contributed by atoms with Gasteiger partial charge in [-0.1, -0.05) is 30.7 Å². The van der Waals surface area contributed by atoms with Crippen LogP contribution in [0.1, 0.15) is 31.3 Å². The summed E-state index contributed by atoms with van der Waals surface area (Å²) in [6.45, 7) is 4.10. The van der Waals surface area contributed by atoms with Crippen LogP contribution >= 0.6 is 11.6 Å². The molecule has 1 aromatic carbocycles. The molecule has 2 unspecified atom stereocenters. The second kappa shape index (κ2) is 5.55. The van der Waals surface area contributed by atoms with E-state index in [0.29, 0.717) is 0 Å². The summed E-state index contributed by atoms with van der Waals surface area (Å²) >= 11 is 6.06. The molecule has 0 radical (unpaired) electrons. The van der Waals surface area contributed by atoms with Gasteiger partial charge in [0.15, 0.2) is 0 Å². The molecule has 0 aliphatic heterocycles. The van der Waals surface area contributed by atoms with Gasteiger partial charge in [0.05, 0.1) is 6.04 Å². The monoisotopic (exact) mass is 263 g/mol. The molecule has 2 rings (SSSR count). The minimum atomic E-state index is -0.0111. The minimum Gasteiger partial charge on any atom is -0.326 e. The van der Waals surface area contributed by atoms with Gasteiger partial charge in [-0.15, -0.1) is 0 Å². The zero-order valence-corrected chi connectivity index (χ0v) is 11.4. The van der Waals surface area contributed by atoms with Crippen LogP contribution in [-0.4, -0.2) is 15.6 Å². The molecule has 2 aromatic rings. The van der Waals surface area contributed by atoms with Gasteiger partial charge in [-0.3, -0.25) is 0 Å². The summed E-state index contributed by atoms with van der Waals surface area (Å²) in [7, 11) is 0. The van der Waals surface area contributed by atoms with E-state index in [1.54, 1.807) is 0 Å². The van der Waals surface area contributed by atoms with Crippen molar-refractivity contribution in [3.63, 3.8) is 0 Å². The number of nitrogens with two attached hydrogens (primary N) is 1. The maximum absolute atomic E-state index is 6.14. The molecule has 0 aliphatic rings. The highest BCUT2D eigenvalue weighted by Gasteiger charge is 2.20. The Bertz CT molecular complexity index is 519. The van der Waals surface area contributed by atoms with E-state index in [2.05, 4.69) is 22.5 Å². The normalized spacial score (nSPS) is 14.4. The molecule has 1 aromatic heterocycles. The van der Waals surface area contributed by atoms with Crippen molar-refractivity contribution in [3.05, 3.63) is 53.1 Å². The Morgan fingerprint density at radius 3 is 2.83 bits per heavy atom. The van der Waals surface area contributed by atoms with Crippen molar-refractivity contribution in [1.82, 2.24) is 9.55 Å². The molecule has 0 spiro atoms. The lowest BCUT2D eigenvalue weighted by atomic mass is 10.0.